The molecule has 0 aliphatic carbocycles. The van der Waals surface area contributed by atoms with Crippen molar-refractivity contribution in [3.8, 4) is 21.8 Å². The number of amides is 1. The summed E-state index contributed by atoms with van der Waals surface area (Å²) in [4.78, 5) is 15.7. The fraction of sp³-hybridized carbons (Fsp3) is 0.111. The van der Waals surface area contributed by atoms with Crippen molar-refractivity contribution >= 4 is 22.9 Å². The molecular weight excluding hydrogens is 292 g/mol. The highest BCUT2D eigenvalue weighted by Crippen LogP contribution is 2.29. The quantitative estimate of drug-likeness (QED) is 0.759. The van der Waals surface area contributed by atoms with E-state index in [1.54, 1.807) is 11.3 Å². The number of aryl methyl sites for hydroxylation is 1. The molecule has 1 heterocycles. The fourth-order valence-electron chi connectivity index (χ4n) is 2.24. The Bertz CT molecular complexity index is 806. The molecule has 110 valence electrons. The van der Waals surface area contributed by atoms with Crippen LogP contribution in [-0.4, -0.2) is 10.9 Å². The van der Waals surface area contributed by atoms with E-state index < -0.39 is 0 Å². The van der Waals surface area contributed by atoms with Gasteiger partial charge < -0.3 is 5.32 Å². The van der Waals surface area contributed by atoms with E-state index in [-0.39, 0.29) is 5.91 Å². The molecule has 1 aromatic heterocycles. The maximum Gasteiger partial charge on any atom is 0.221 e. The lowest BCUT2D eigenvalue weighted by Crippen LogP contribution is -2.05. The predicted molar refractivity (Wildman–Crippen MR) is 92.0 cm³/mol. The number of benzene rings is 2. The SMILES string of the molecule is CC(=O)Nc1ccc(-c2csc(-c3cccc(C)c3)n2)cc1. The summed E-state index contributed by atoms with van der Waals surface area (Å²) in [5.41, 5.74) is 5.17. The minimum absolute atomic E-state index is 0.0665. The molecule has 0 aliphatic rings. The summed E-state index contributed by atoms with van der Waals surface area (Å²) in [7, 11) is 0. The van der Waals surface area contributed by atoms with E-state index in [1.165, 1.54) is 12.5 Å². The molecular formula is C18H16N2OS. The third-order valence-corrected chi connectivity index (χ3v) is 4.16. The standard InChI is InChI=1S/C18H16N2OS/c1-12-4-3-5-15(10-12)18-20-17(11-22-18)14-6-8-16(9-7-14)19-13(2)21/h3-11H,1-2H3,(H,19,21). The second kappa shape index (κ2) is 6.12. The van der Waals surface area contributed by atoms with Crippen LogP contribution in [-0.2, 0) is 4.79 Å². The zero-order valence-electron chi connectivity index (χ0n) is 12.5. The van der Waals surface area contributed by atoms with Gasteiger partial charge in [-0.15, -0.1) is 11.3 Å². The van der Waals surface area contributed by atoms with Crippen molar-refractivity contribution in [2.24, 2.45) is 0 Å². The second-order valence-corrected chi connectivity index (χ2v) is 6.02. The smallest absolute Gasteiger partial charge is 0.221 e. The van der Waals surface area contributed by atoms with Gasteiger partial charge in [0.05, 0.1) is 5.69 Å². The molecule has 3 rings (SSSR count). The summed E-state index contributed by atoms with van der Waals surface area (Å²) >= 11 is 1.64. The van der Waals surface area contributed by atoms with Crippen molar-refractivity contribution in [1.29, 1.82) is 0 Å². The molecule has 0 bridgehead atoms. The van der Waals surface area contributed by atoms with Gasteiger partial charge in [0, 0.05) is 29.1 Å². The maximum absolute atomic E-state index is 11.0. The van der Waals surface area contributed by atoms with Crippen molar-refractivity contribution in [3.05, 3.63) is 59.5 Å². The average molecular weight is 308 g/mol. The molecule has 2 aromatic carbocycles. The summed E-state index contributed by atoms with van der Waals surface area (Å²) in [6.07, 6.45) is 0. The van der Waals surface area contributed by atoms with Gasteiger partial charge in [-0.05, 0) is 25.1 Å². The Morgan fingerprint density at radius 3 is 2.55 bits per heavy atom. The predicted octanol–water partition coefficient (Wildman–Crippen LogP) is 4.74. The molecule has 4 heteroatoms. The second-order valence-electron chi connectivity index (χ2n) is 5.17. The molecule has 1 amide bonds. The van der Waals surface area contributed by atoms with Crippen LogP contribution in [0, 0.1) is 6.92 Å². The molecule has 22 heavy (non-hydrogen) atoms. The van der Waals surface area contributed by atoms with Crippen LogP contribution in [0.4, 0.5) is 5.69 Å². The first-order valence-electron chi connectivity index (χ1n) is 7.02. The zero-order chi connectivity index (χ0) is 15.5. The number of aromatic nitrogens is 1. The summed E-state index contributed by atoms with van der Waals surface area (Å²) < 4.78 is 0. The number of carbonyl (C=O) groups is 1. The van der Waals surface area contributed by atoms with Gasteiger partial charge in [0.25, 0.3) is 0 Å². The van der Waals surface area contributed by atoms with Gasteiger partial charge in [-0.2, -0.15) is 0 Å². The number of thiazole rings is 1. The first-order valence-corrected chi connectivity index (χ1v) is 7.90. The summed E-state index contributed by atoms with van der Waals surface area (Å²) in [6, 6.07) is 16.1. The lowest BCUT2D eigenvalue weighted by molar-refractivity contribution is -0.114. The first kappa shape index (κ1) is 14.5. The van der Waals surface area contributed by atoms with Crippen molar-refractivity contribution in [1.82, 2.24) is 4.98 Å². The van der Waals surface area contributed by atoms with Crippen LogP contribution in [0.2, 0.25) is 0 Å². The van der Waals surface area contributed by atoms with Gasteiger partial charge >= 0.3 is 0 Å². The molecule has 0 radical (unpaired) electrons. The highest BCUT2D eigenvalue weighted by atomic mass is 32.1. The third kappa shape index (κ3) is 3.23. The average Bonchev–Trinajstić information content (AvgIpc) is 2.97. The van der Waals surface area contributed by atoms with Crippen LogP contribution in [0.3, 0.4) is 0 Å². The minimum atomic E-state index is -0.0665. The van der Waals surface area contributed by atoms with Gasteiger partial charge in [0.2, 0.25) is 5.91 Å². The maximum atomic E-state index is 11.0. The Labute approximate surface area is 133 Å². The molecule has 0 saturated heterocycles. The lowest BCUT2D eigenvalue weighted by atomic mass is 10.1. The fourth-order valence-corrected chi connectivity index (χ4v) is 3.07. The van der Waals surface area contributed by atoms with Crippen molar-refractivity contribution in [2.45, 2.75) is 13.8 Å². The monoisotopic (exact) mass is 308 g/mol. The molecule has 0 atom stereocenters. The van der Waals surface area contributed by atoms with E-state index in [0.29, 0.717) is 0 Å². The van der Waals surface area contributed by atoms with Gasteiger partial charge in [-0.1, -0.05) is 35.9 Å². The molecule has 3 aromatic rings. The minimum Gasteiger partial charge on any atom is -0.326 e. The van der Waals surface area contributed by atoms with Gasteiger partial charge in [-0.3, -0.25) is 4.79 Å². The number of nitrogens with zero attached hydrogens (tertiary/aromatic N) is 1. The molecule has 0 aliphatic heterocycles. The highest BCUT2D eigenvalue weighted by Gasteiger charge is 2.07. The number of hydrogen-bond acceptors (Lipinski definition) is 3. The van der Waals surface area contributed by atoms with E-state index in [4.69, 9.17) is 4.98 Å². The number of nitrogens with one attached hydrogen (secondary N) is 1. The Morgan fingerprint density at radius 1 is 1.09 bits per heavy atom. The highest BCUT2D eigenvalue weighted by molar-refractivity contribution is 7.13. The summed E-state index contributed by atoms with van der Waals surface area (Å²) in [5, 5.41) is 5.84. The van der Waals surface area contributed by atoms with Crippen LogP contribution in [0.5, 0.6) is 0 Å². The Morgan fingerprint density at radius 2 is 1.86 bits per heavy atom. The molecule has 0 unspecified atom stereocenters. The van der Waals surface area contributed by atoms with Gasteiger partial charge in [-0.25, -0.2) is 4.98 Å². The van der Waals surface area contributed by atoms with E-state index >= 15 is 0 Å². The van der Waals surface area contributed by atoms with E-state index in [9.17, 15) is 4.79 Å². The van der Waals surface area contributed by atoms with Crippen LogP contribution in [0.25, 0.3) is 21.8 Å². The lowest BCUT2D eigenvalue weighted by Gasteiger charge is -2.02. The molecule has 3 nitrogen and oxygen atoms in total. The number of hydrogen-bond donors (Lipinski definition) is 1. The third-order valence-electron chi connectivity index (χ3n) is 3.27. The molecule has 0 saturated carbocycles. The Balaban J connectivity index is 1.86. The van der Waals surface area contributed by atoms with E-state index in [2.05, 4.69) is 35.8 Å². The van der Waals surface area contributed by atoms with E-state index in [1.807, 2.05) is 30.3 Å². The van der Waals surface area contributed by atoms with Crippen LogP contribution in [0.1, 0.15) is 12.5 Å². The first-order chi connectivity index (χ1) is 10.6. The van der Waals surface area contributed by atoms with Crippen LogP contribution < -0.4 is 5.32 Å². The molecule has 0 spiro atoms. The summed E-state index contributed by atoms with van der Waals surface area (Å²) in [5.74, 6) is -0.0665. The largest absolute Gasteiger partial charge is 0.326 e. The number of rotatable bonds is 3. The number of carbonyl (C=O) groups excluding carboxylic acids is 1. The van der Waals surface area contributed by atoms with Gasteiger partial charge in [0.1, 0.15) is 5.01 Å². The topological polar surface area (TPSA) is 42.0 Å². The molecule has 1 N–H and O–H groups in total. The van der Waals surface area contributed by atoms with Crippen molar-refractivity contribution in [2.75, 3.05) is 5.32 Å². The Hall–Kier alpha value is -2.46. The van der Waals surface area contributed by atoms with Gasteiger partial charge in [0.15, 0.2) is 0 Å². The van der Waals surface area contributed by atoms with Crippen molar-refractivity contribution < 1.29 is 4.79 Å². The van der Waals surface area contributed by atoms with E-state index in [0.717, 1.165) is 27.5 Å². The number of anilines is 1. The van der Waals surface area contributed by atoms with Crippen molar-refractivity contribution in [3.63, 3.8) is 0 Å². The van der Waals surface area contributed by atoms with Crippen LogP contribution >= 0.6 is 11.3 Å². The Kier molecular flexibility index (Phi) is 4.02. The normalized spacial score (nSPS) is 10.5. The zero-order valence-corrected chi connectivity index (χ0v) is 13.3. The summed E-state index contributed by atoms with van der Waals surface area (Å²) in [6.45, 7) is 3.58. The van der Waals surface area contributed by atoms with Crippen LogP contribution in [0.15, 0.2) is 53.9 Å². The molecule has 0 fully saturated rings.